The average molecular weight is 175 g/mol. The molecule has 0 unspecified atom stereocenters. The summed E-state index contributed by atoms with van der Waals surface area (Å²) in [6.07, 6.45) is 0.324. The summed E-state index contributed by atoms with van der Waals surface area (Å²) in [6.45, 7) is 1.92. The highest BCUT2D eigenvalue weighted by atomic mass is 14.6. The zero-order valence-electron chi connectivity index (χ0n) is 7.62. The van der Waals surface area contributed by atoms with E-state index >= 15 is 0 Å². The summed E-state index contributed by atoms with van der Waals surface area (Å²) in [4.78, 5) is 0. The van der Waals surface area contributed by atoms with Crippen molar-refractivity contribution in [3.63, 3.8) is 0 Å². The fraction of sp³-hybridized carbons (Fsp3) is 0.300. The molecular formula is C10H13N3. The average Bonchev–Trinajstić information content (AvgIpc) is 2.10. The lowest BCUT2D eigenvalue weighted by Crippen LogP contribution is -2.11. The van der Waals surface area contributed by atoms with Gasteiger partial charge in [-0.25, -0.2) is 0 Å². The first-order chi connectivity index (χ1) is 6.16. The molecule has 0 spiro atoms. The number of anilines is 1. The number of nitrogen functional groups attached to an aromatic ring is 1. The van der Waals surface area contributed by atoms with Crippen LogP contribution in [0.3, 0.4) is 0 Å². The Balaban J connectivity index is 3.02. The summed E-state index contributed by atoms with van der Waals surface area (Å²) in [6, 6.07) is 7.42. The van der Waals surface area contributed by atoms with E-state index in [1.54, 1.807) is 0 Å². The molecule has 0 radical (unpaired) electrons. The third-order valence-electron chi connectivity index (χ3n) is 2.13. The summed E-state index contributed by atoms with van der Waals surface area (Å²) in [5, 5.41) is 8.50. The van der Waals surface area contributed by atoms with Gasteiger partial charge in [0.15, 0.2) is 0 Å². The van der Waals surface area contributed by atoms with Crippen LogP contribution in [0.2, 0.25) is 0 Å². The number of nitrogens with two attached hydrogens (primary N) is 2. The highest BCUT2D eigenvalue weighted by Crippen LogP contribution is 2.22. The zero-order valence-corrected chi connectivity index (χ0v) is 7.62. The summed E-state index contributed by atoms with van der Waals surface area (Å²) in [7, 11) is 0. The van der Waals surface area contributed by atoms with Gasteiger partial charge in [-0.15, -0.1) is 0 Å². The monoisotopic (exact) mass is 175 g/mol. The van der Waals surface area contributed by atoms with Crippen LogP contribution in [-0.2, 0) is 0 Å². The Bertz CT molecular complexity index is 339. The Labute approximate surface area is 78.0 Å². The third-order valence-corrected chi connectivity index (χ3v) is 2.13. The van der Waals surface area contributed by atoms with Crippen molar-refractivity contribution in [3.05, 3.63) is 29.3 Å². The van der Waals surface area contributed by atoms with Crippen LogP contribution in [-0.4, -0.2) is 0 Å². The van der Waals surface area contributed by atoms with Crippen LogP contribution in [0, 0.1) is 18.3 Å². The number of hydrogen-bond donors (Lipinski definition) is 2. The largest absolute Gasteiger partial charge is 0.399 e. The van der Waals surface area contributed by atoms with E-state index in [9.17, 15) is 0 Å². The van der Waals surface area contributed by atoms with Gasteiger partial charge in [0.2, 0.25) is 0 Å². The number of nitrogens with zero attached hydrogens (tertiary/aromatic N) is 1. The Hall–Kier alpha value is -1.53. The zero-order chi connectivity index (χ0) is 9.84. The van der Waals surface area contributed by atoms with Crippen molar-refractivity contribution >= 4 is 5.69 Å². The molecule has 1 atom stereocenters. The first-order valence-corrected chi connectivity index (χ1v) is 4.14. The smallest absolute Gasteiger partial charge is 0.0641 e. The Kier molecular flexibility index (Phi) is 2.88. The fourth-order valence-corrected chi connectivity index (χ4v) is 1.28. The molecule has 13 heavy (non-hydrogen) atoms. The fourth-order valence-electron chi connectivity index (χ4n) is 1.28. The van der Waals surface area contributed by atoms with Crippen molar-refractivity contribution in [1.29, 1.82) is 5.26 Å². The van der Waals surface area contributed by atoms with Gasteiger partial charge in [0.25, 0.3) is 0 Å². The number of rotatable bonds is 2. The highest BCUT2D eigenvalue weighted by molar-refractivity contribution is 5.50. The molecule has 0 fully saturated rings. The molecule has 0 aliphatic heterocycles. The predicted octanol–water partition coefficient (Wildman–Crippen LogP) is 1.49. The molecule has 0 saturated heterocycles. The molecule has 0 aliphatic rings. The highest BCUT2D eigenvalue weighted by Gasteiger charge is 2.09. The van der Waals surface area contributed by atoms with Crippen molar-refractivity contribution in [2.75, 3.05) is 5.73 Å². The molecule has 1 rings (SSSR count). The Morgan fingerprint density at radius 2 is 2.23 bits per heavy atom. The van der Waals surface area contributed by atoms with Gasteiger partial charge in [0, 0.05) is 11.7 Å². The normalized spacial score (nSPS) is 12.1. The van der Waals surface area contributed by atoms with E-state index in [0.717, 1.165) is 16.8 Å². The lowest BCUT2D eigenvalue weighted by molar-refractivity contribution is 0.743. The lowest BCUT2D eigenvalue weighted by Gasteiger charge is -2.12. The molecule has 3 nitrogen and oxygen atoms in total. The van der Waals surface area contributed by atoms with E-state index in [1.807, 2.05) is 31.2 Å². The number of nitriles is 1. The van der Waals surface area contributed by atoms with Crippen LogP contribution in [0.5, 0.6) is 0 Å². The van der Waals surface area contributed by atoms with Gasteiger partial charge in [-0.05, 0) is 24.1 Å². The second-order valence-electron chi connectivity index (χ2n) is 3.03. The Morgan fingerprint density at radius 3 is 2.85 bits per heavy atom. The Morgan fingerprint density at radius 1 is 1.54 bits per heavy atom. The molecule has 0 saturated carbocycles. The van der Waals surface area contributed by atoms with Gasteiger partial charge in [0.05, 0.1) is 12.5 Å². The van der Waals surface area contributed by atoms with Crippen LogP contribution in [0.15, 0.2) is 18.2 Å². The van der Waals surface area contributed by atoms with Crippen LogP contribution in [0.25, 0.3) is 0 Å². The number of hydrogen-bond acceptors (Lipinski definition) is 3. The van der Waals surface area contributed by atoms with Gasteiger partial charge in [-0.3, -0.25) is 0 Å². The second-order valence-corrected chi connectivity index (χ2v) is 3.03. The van der Waals surface area contributed by atoms with E-state index in [4.69, 9.17) is 16.7 Å². The minimum absolute atomic E-state index is 0.228. The predicted molar refractivity (Wildman–Crippen MR) is 52.7 cm³/mol. The molecule has 68 valence electrons. The van der Waals surface area contributed by atoms with Gasteiger partial charge in [-0.1, -0.05) is 12.1 Å². The van der Waals surface area contributed by atoms with Crippen LogP contribution < -0.4 is 11.5 Å². The van der Waals surface area contributed by atoms with Crippen molar-refractivity contribution in [2.45, 2.75) is 19.4 Å². The molecule has 0 aromatic heterocycles. The van der Waals surface area contributed by atoms with Crippen LogP contribution in [0.1, 0.15) is 23.6 Å². The molecule has 1 aromatic rings. The quantitative estimate of drug-likeness (QED) is 0.668. The van der Waals surface area contributed by atoms with Crippen molar-refractivity contribution in [2.24, 2.45) is 5.73 Å². The van der Waals surface area contributed by atoms with Gasteiger partial charge in [0.1, 0.15) is 0 Å². The van der Waals surface area contributed by atoms with E-state index in [1.165, 1.54) is 0 Å². The van der Waals surface area contributed by atoms with E-state index in [-0.39, 0.29) is 6.04 Å². The van der Waals surface area contributed by atoms with Crippen molar-refractivity contribution in [1.82, 2.24) is 0 Å². The van der Waals surface area contributed by atoms with Gasteiger partial charge in [-0.2, -0.15) is 5.26 Å². The molecular weight excluding hydrogens is 162 g/mol. The van der Waals surface area contributed by atoms with Crippen LogP contribution in [0.4, 0.5) is 5.69 Å². The molecule has 0 bridgehead atoms. The van der Waals surface area contributed by atoms with Gasteiger partial charge >= 0.3 is 0 Å². The standard InChI is InChI=1S/C10H13N3/c1-7-8(10(13)5-6-11)3-2-4-9(7)12/h2-4,10H,5,12-13H2,1H3/t10-/m0/s1. The topological polar surface area (TPSA) is 75.8 Å². The minimum atomic E-state index is -0.228. The van der Waals surface area contributed by atoms with Gasteiger partial charge < -0.3 is 11.5 Å². The molecule has 4 N–H and O–H groups in total. The molecule has 0 heterocycles. The third kappa shape index (κ3) is 1.98. The van der Waals surface area contributed by atoms with E-state index in [2.05, 4.69) is 0 Å². The molecule has 0 aliphatic carbocycles. The maximum atomic E-state index is 8.50. The van der Waals surface area contributed by atoms with Crippen molar-refractivity contribution in [3.8, 4) is 6.07 Å². The maximum absolute atomic E-state index is 8.50. The summed E-state index contributed by atoms with van der Waals surface area (Å²) in [5.74, 6) is 0. The minimum Gasteiger partial charge on any atom is -0.399 e. The van der Waals surface area contributed by atoms with Crippen LogP contribution >= 0.6 is 0 Å². The SMILES string of the molecule is Cc1c(N)cccc1[C@@H](N)CC#N. The van der Waals surface area contributed by atoms with Crippen molar-refractivity contribution < 1.29 is 0 Å². The first-order valence-electron chi connectivity index (χ1n) is 4.14. The number of benzene rings is 1. The lowest BCUT2D eigenvalue weighted by atomic mass is 9.99. The maximum Gasteiger partial charge on any atom is 0.0641 e. The first kappa shape index (κ1) is 9.56. The van der Waals surface area contributed by atoms with E-state index in [0.29, 0.717) is 6.42 Å². The van der Waals surface area contributed by atoms with E-state index < -0.39 is 0 Å². The summed E-state index contributed by atoms with van der Waals surface area (Å²) >= 11 is 0. The molecule has 0 amide bonds. The molecule has 3 heteroatoms. The summed E-state index contributed by atoms with van der Waals surface area (Å²) < 4.78 is 0. The second kappa shape index (κ2) is 3.92. The molecule has 1 aromatic carbocycles. The summed E-state index contributed by atoms with van der Waals surface area (Å²) in [5.41, 5.74) is 14.2.